The van der Waals surface area contributed by atoms with Crippen LogP contribution in [0.1, 0.15) is 201 Å². The molecule has 0 heterocycles. The Morgan fingerprint density at radius 1 is 0.356 bits per heavy atom. The lowest BCUT2D eigenvalue weighted by molar-refractivity contribution is -0.167. The molecule has 0 saturated heterocycles. The fourth-order valence-corrected chi connectivity index (χ4v) is 6.14. The van der Waals surface area contributed by atoms with Gasteiger partial charge in [-0.2, -0.15) is 0 Å². The first-order valence-corrected chi connectivity index (χ1v) is 23.8. The smallest absolute Gasteiger partial charge is 0.306 e. The Balaban J connectivity index is 4.47. The number of ether oxygens (including phenoxy) is 3. The summed E-state index contributed by atoms with van der Waals surface area (Å²) < 4.78 is 16.7. The van der Waals surface area contributed by atoms with Crippen LogP contribution in [-0.2, 0) is 28.6 Å². The van der Waals surface area contributed by atoms with Gasteiger partial charge in [0.2, 0.25) is 0 Å². The van der Waals surface area contributed by atoms with Gasteiger partial charge < -0.3 is 14.2 Å². The zero-order valence-electron chi connectivity index (χ0n) is 38.0. The minimum Gasteiger partial charge on any atom is -0.462 e. The number of esters is 3. The van der Waals surface area contributed by atoms with Crippen molar-refractivity contribution in [3.8, 4) is 0 Å². The van der Waals surface area contributed by atoms with Gasteiger partial charge in [-0.05, 0) is 96.3 Å². The molecule has 0 aromatic rings. The number of hydrogen-bond donors (Lipinski definition) is 0. The Morgan fingerprint density at radius 2 is 0.695 bits per heavy atom. The van der Waals surface area contributed by atoms with E-state index in [2.05, 4.69) is 118 Å². The van der Waals surface area contributed by atoms with Crippen LogP contribution in [0.25, 0.3) is 0 Å². The van der Waals surface area contributed by atoms with Gasteiger partial charge in [0.1, 0.15) is 13.2 Å². The molecule has 0 amide bonds. The van der Waals surface area contributed by atoms with Crippen LogP contribution in [-0.4, -0.2) is 37.2 Å². The molecule has 0 radical (unpaired) electrons. The number of carbonyl (C=O) groups is 3. The Labute approximate surface area is 362 Å². The second kappa shape index (κ2) is 47.0. The summed E-state index contributed by atoms with van der Waals surface area (Å²) in [7, 11) is 0. The first-order chi connectivity index (χ1) is 29.0. The topological polar surface area (TPSA) is 78.9 Å². The summed E-state index contributed by atoms with van der Waals surface area (Å²) in [6.45, 7) is 6.21. The van der Waals surface area contributed by atoms with Crippen LogP contribution in [0, 0.1) is 0 Å². The first kappa shape index (κ1) is 55.3. The third kappa shape index (κ3) is 45.3. The van der Waals surface area contributed by atoms with Gasteiger partial charge in [0.15, 0.2) is 6.10 Å². The molecule has 0 fully saturated rings. The lowest BCUT2D eigenvalue weighted by Crippen LogP contribution is -2.30. The van der Waals surface area contributed by atoms with Crippen molar-refractivity contribution in [2.24, 2.45) is 0 Å². The molecule has 6 nitrogen and oxygen atoms in total. The third-order valence-electron chi connectivity index (χ3n) is 9.63. The van der Waals surface area contributed by atoms with Crippen LogP contribution in [0.2, 0.25) is 0 Å². The van der Waals surface area contributed by atoms with E-state index in [9.17, 15) is 14.4 Å². The molecule has 0 saturated carbocycles. The molecular formula is C53H86O6. The molecule has 0 aromatic carbocycles. The van der Waals surface area contributed by atoms with E-state index in [1.54, 1.807) is 0 Å². The second-order valence-electron chi connectivity index (χ2n) is 15.3. The van der Waals surface area contributed by atoms with Crippen LogP contribution in [0.3, 0.4) is 0 Å². The minimum absolute atomic E-state index is 0.101. The maximum atomic E-state index is 12.8. The highest BCUT2D eigenvalue weighted by Gasteiger charge is 2.19. The van der Waals surface area contributed by atoms with Crippen LogP contribution in [0.5, 0.6) is 0 Å². The molecule has 59 heavy (non-hydrogen) atoms. The van der Waals surface area contributed by atoms with Crippen LogP contribution >= 0.6 is 0 Å². The number of carbonyl (C=O) groups excluding carboxylic acids is 3. The molecular weight excluding hydrogens is 733 g/mol. The average molecular weight is 819 g/mol. The van der Waals surface area contributed by atoms with Gasteiger partial charge in [-0.3, -0.25) is 14.4 Å². The fourth-order valence-electron chi connectivity index (χ4n) is 6.14. The molecule has 0 spiro atoms. The predicted molar refractivity (Wildman–Crippen MR) is 251 cm³/mol. The van der Waals surface area contributed by atoms with Crippen molar-refractivity contribution in [3.63, 3.8) is 0 Å². The molecule has 0 aromatic heterocycles. The van der Waals surface area contributed by atoms with Gasteiger partial charge in [0.25, 0.3) is 0 Å². The molecule has 1 unspecified atom stereocenters. The molecule has 1 atom stereocenters. The predicted octanol–water partition coefficient (Wildman–Crippen LogP) is 15.4. The lowest BCUT2D eigenvalue weighted by atomic mass is 10.1. The van der Waals surface area contributed by atoms with Gasteiger partial charge in [-0.1, -0.05) is 182 Å². The highest BCUT2D eigenvalue weighted by molar-refractivity contribution is 5.71. The van der Waals surface area contributed by atoms with E-state index in [0.717, 1.165) is 109 Å². The highest BCUT2D eigenvalue weighted by atomic mass is 16.6. The van der Waals surface area contributed by atoms with Gasteiger partial charge in [-0.15, -0.1) is 0 Å². The second-order valence-corrected chi connectivity index (χ2v) is 15.3. The van der Waals surface area contributed by atoms with Gasteiger partial charge in [0.05, 0.1) is 0 Å². The summed E-state index contributed by atoms with van der Waals surface area (Å²) in [6.07, 6.45) is 61.1. The van der Waals surface area contributed by atoms with Crippen LogP contribution in [0.15, 0.2) is 97.2 Å². The van der Waals surface area contributed by atoms with Crippen molar-refractivity contribution >= 4 is 17.9 Å². The molecule has 0 aliphatic carbocycles. The number of unbranched alkanes of at least 4 members (excludes halogenated alkanes) is 16. The largest absolute Gasteiger partial charge is 0.462 e. The maximum absolute atomic E-state index is 12.8. The normalized spacial score (nSPS) is 12.9. The molecule has 0 bridgehead atoms. The lowest BCUT2D eigenvalue weighted by Gasteiger charge is -2.18. The highest BCUT2D eigenvalue weighted by Crippen LogP contribution is 2.13. The Bertz CT molecular complexity index is 1220. The Kier molecular flexibility index (Phi) is 44.1. The number of hydrogen-bond acceptors (Lipinski definition) is 6. The molecule has 6 heteroatoms. The van der Waals surface area contributed by atoms with Crippen molar-refractivity contribution in [2.45, 2.75) is 207 Å². The summed E-state index contributed by atoms with van der Waals surface area (Å²) in [4.78, 5) is 37.8. The minimum atomic E-state index is -0.802. The summed E-state index contributed by atoms with van der Waals surface area (Å²) in [5, 5.41) is 0. The number of allylic oxidation sites excluding steroid dienone is 16. The zero-order valence-corrected chi connectivity index (χ0v) is 38.0. The van der Waals surface area contributed by atoms with Crippen LogP contribution < -0.4 is 0 Å². The van der Waals surface area contributed by atoms with E-state index < -0.39 is 6.10 Å². The van der Waals surface area contributed by atoms with Crippen molar-refractivity contribution in [1.29, 1.82) is 0 Å². The SMILES string of the molecule is CC\C=C/C=C\C=C/CCCCCCCCCC(=O)OCC(COC(=O)CCCC/C=C\C/C=C\C/C=C\CC)OC(=O)CCCCCCCCC/C=C\C/C=C\CC. The van der Waals surface area contributed by atoms with Gasteiger partial charge in [-0.25, -0.2) is 0 Å². The van der Waals surface area contributed by atoms with E-state index in [-0.39, 0.29) is 31.1 Å². The summed E-state index contributed by atoms with van der Waals surface area (Å²) >= 11 is 0. The Morgan fingerprint density at radius 3 is 1.17 bits per heavy atom. The molecule has 0 aliphatic heterocycles. The van der Waals surface area contributed by atoms with Crippen molar-refractivity contribution in [1.82, 2.24) is 0 Å². The first-order valence-electron chi connectivity index (χ1n) is 23.8. The van der Waals surface area contributed by atoms with Crippen molar-refractivity contribution < 1.29 is 28.6 Å². The van der Waals surface area contributed by atoms with Gasteiger partial charge in [0, 0.05) is 19.3 Å². The molecule has 0 N–H and O–H groups in total. The van der Waals surface area contributed by atoms with Crippen molar-refractivity contribution in [2.75, 3.05) is 13.2 Å². The molecule has 0 rings (SSSR count). The van der Waals surface area contributed by atoms with E-state index in [1.165, 1.54) is 51.4 Å². The van der Waals surface area contributed by atoms with E-state index in [4.69, 9.17) is 14.2 Å². The summed E-state index contributed by atoms with van der Waals surface area (Å²) in [5.41, 5.74) is 0. The number of rotatable bonds is 41. The van der Waals surface area contributed by atoms with E-state index in [1.807, 2.05) is 0 Å². The fraction of sp³-hybridized carbons (Fsp3) is 0.642. The van der Waals surface area contributed by atoms with E-state index in [0.29, 0.717) is 19.3 Å². The van der Waals surface area contributed by atoms with E-state index >= 15 is 0 Å². The Hall–Kier alpha value is -3.67. The summed E-state index contributed by atoms with van der Waals surface area (Å²) in [6, 6.07) is 0. The van der Waals surface area contributed by atoms with Crippen LogP contribution in [0.4, 0.5) is 0 Å². The summed E-state index contributed by atoms with van der Waals surface area (Å²) in [5.74, 6) is -0.969. The van der Waals surface area contributed by atoms with Crippen molar-refractivity contribution in [3.05, 3.63) is 97.2 Å². The zero-order chi connectivity index (χ0) is 43.0. The molecule has 334 valence electrons. The third-order valence-corrected chi connectivity index (χ3v) is 9.63. The standard InChI is InChI=1S/C53H86O6/c1-4-7-10-13-16-19-22-25-27-29-31-34-37-40-43-46-52(55)58-49-50(48-57-51(54)45-42-39-36-33-30-24-21-18-15-12-9-6-3)59-53(56)47-44-41-38-35-32-28-26-23-20-17-14-11-8-5-2/h7-13,16-22,30,33,50H,4-6,14-15,23-29,31-32,34-49H2,1-3H3/b10-7-,11-8-,12-9-,16-13-,20-17-,21-18-,22-19-,33-30-. The van der Waals surface area contributed by atoms with Gasteiger partial charge >= 0.3 is 17.9 Å². The molecule has 0 aliphatic rings. The quantitative estimate of drug-likeness (QED) is 0.0201. The maximum Gasteiger partial charge on any atom is 0.306 e. The monoisotopic (exact) mass is 819 g/mol. The average Bonchev–Trinajstić information content (AvgIpc) is 3.23.